The number of hydrogen-bond acceptors (Lipinski definition) is 3. The van der Waals surface area contributed by atoms with E-state index in [1.807, 2.05) is 38.1 Å². The van der Waals surface area contributed by atoms with E-state index in [-0.39, 0.29) is 17.9 Å². The van der Waals surface area contributed by atoms with Gasteiger partial charge in [0.05, 0.1) is 5.92 Å². The Balaban J connectivity index is 1.91. The fourth-order valence-corrected chi connectivity index (χ4v) is 2.81. The summed E-state index contributed by atoms with van der Waals surface area (Å²) in [5.41, 5.74) is 1.08. The molecular weight excluding hydrogens is 282 g/mol. The van der Waals surface area contributed by atoms with Crippen molar-refractivity contribution in [2.24, 2.45) is 5.92 Å². The van der Waals surface area contributed by atoms with Crippen molar-refractivity contribution in [2.45, 2.75) is 51.7 Å². The zero-order valence-electron chi connectivity index (χ0n) is 13.0. The summed E-state index contributed by atoms with van der Waals surface area (Å²) in [6.45, 7) is 3.87. The third-order valence-electron chi connectivity index (χ3n) is 4.06. The van der Waals surface area contributed by atoms with Gasteiger partial charge in [0.2, 0.25) is 0 Å². The highest BCUT2D eigenvalue weighted by atomic mass is 16.5. The standard InChI is InChI=1S/C17H23NO4/c1-3-15(22-14-6-4-5-11(2)9-14)16(19)18-13-8-7-12(10-13)17(20)21/h4-6,9,12-13,15H,3,7-8,10H2,1-2H3,(H,18,19)(H,20,21)/t12-,13+,15?/m0/s1. The minimum absolute atomic E-state index is 0.0660. The van der Waals surface area contributed by atoms with Crippen molar-refractivity contribution in [3.8, 4) is 5.75 Å². The Morgan fingerprint density at radius 3 is 2.77 bits per heavy atom. The molecule has 22 heavy (non-hydrogen) atoms. The first-order valence-electron chi connectivity index (χ1n) is 7.76. The number of carbonyl (C=O) groups excluding carboxylic acids is 1. The Kier molecular flexibility index (Phi) is 5.41. The first-order valence-corrected chi connectivity index (χ1v) is 7.76. The lowest BCUT2D eigenvalue weighted by atomic mass is 10.1. The van der Waals surface area contributed by atoms with Gasteiger partial charge in [-0.3, -0.25) is 9.59 Å². The summed E-state index contributed by atoms with van der Waals surface area (Å²) >= 11 is 0. The molecule has 0 aliphatic heterocycles. The Morgan fingerprint density at radius 1 is 1.41 bits per heavy atom. The van der Waals surface area contributed by atoms with E-state index in [0.29, 0.717) is 31.4 Å². The molecule has 0 saturated heterocycles. The normalized spacial score (nSPS) is 22.1. The minimum Gasteiger partial charge on any atom is -0.481 e. The molecule has 5 nitrogen and oxygen atoms in total. The van der Waals surface area contributed by atoms with E-state index in [9.17, 15) is 9.59 Å². The van der Waals surface area contributed by atoms with E-state index in [4.69, 9.17) is 9.84 Å². The van der Waals surface area contributed by atoms with Crippen LogP contribution in [-0.4, -0.2) is 29.1 Å². The van der Waals surface area contributed by atoms with Crippen LogP contribution in [0.25, 0.3) is 0 Å². The van der Waals surface area contributed by atoms with Crippen LogP contribution in [0.2, 0.25) is 0 Å². The van der Waals surface area contributed by atoms with Crippen LogP contribution in [0.4, 0.5) is 0 Å². The summed E-state index contributed by atoms with van der Waals surface area (Å²) < 4.78 is 5.76. The maximum atomic E-state index is 12.3. The van der Waals surface area contributed by atoms with Crippen LogP contribution in [0.15, 0.2) is 24.3 Å². The molecule has 1 unspecified atom stereocenters. The quantitative estimate of drug-likeness (QED) is 0.847. The number of aryl methyl sites for hydroxylation is 1. The first kappa shape index (κ1) is 16.3. The fraction of sp³-hybridized carbons (Fsp3) is 0.529. The highest BCUT2D eigenvalue weighted by Crippen LogP contribution is 2.26. The molecule has 1 fully saturated rings. The summed E-state index contributed by atoms with van der Waals surface area (Å²) in [6, 6.07) is 7.52. The molecule has 5 heteroatoms. The molecular formula is C17H23NO4. The van der Waals surface area contributed by atoms with Crippen LogP contribution < -0.4 is 10.1 Å². The van der Waals surface area contributed by atoms with Gasteiger partial charge in [0.25, 0.3) is 5.91 Å². The minimum atomic E-state index is -0.778. The van der Waals surface area contributed by atoms with Gasteiger partial charge in [-0.2, -0.15) is 0 Å². The number of carboxylic acid groups (broad SMARTS) is 1. The van der Waals surface area contributed by atoms with Crippen molar-refractivity contribution in [3.63, 3.8) is 0 Å². The van der Waals surface area contributed by atoms with Crippen molar-refractivity contribution in [1.29, 1.82) is 0 Å². The Labute approximate surface area is 130 Å². The molecule has 1 aromatic carbocycles. The number of aliphatic carboxylic acids is 1. The number of ether oxygens (including phenoxy) is 1. The molecule has 3 atom stereocenters. The van der Waals surface area contributed by atoms with E-state index in [1.165, 1.54) is 0 Å². The van der Waals surface area contributed by atoms with Gasteiger partial charge < -0.3 is 15.2 Å². The molecule has 120 valence electrons. The average Bonchev–Trinajstić information content (AvgIpc) is 2.93. The van der Waals surface area contributed by atoms with Crippen LogP contribution in [0, 0.1) is 12.8 Å². The highest BCUT2D eigenvalue weighted by Gasteiger charge is 2.32. The van der Waals surface area contributed by atoms with Crippen LogP contribution in [0.1, 0.15) is 38.2 Å². The molecule has 0 heterocycles. The van der Waals surface area contributed by atoms with E-state index in [1.54, 1.807) is 0 Å². The summed E-state index contributed by atoms with van der Waals surface area (Å²) in [5.74, 6) is -0.611. The Bertz CT molecular complexity index is 543. The lowest BCUT2D eigenvalue weighted by molar-refractivity contribution is -0.141. The number of carboxylic acids is 1. The summed E-state index contributed by atoms with van der Waals surface area (Å²) in [5, 5.41) is 11.9. The molecule has 1 aliphatic rings. The third kappa shape index (κ3) is 4.23. The maximum absolute atomic E-state index is 12.3. The number of benzene rings is 1. The number of amides is 1. The van der Waals surface area contributed by atoms with Crippen molar-refractivity contribution in [3.05, 3.63) is 29.8 Å². The van der Waals surface area contributed by atoms with E-state index in [0.717, 1.165) is 5.56 Å². The van der Waals surface area contributed by atoms with Crippen LogP contribution in [-0.2, 0) is 9.59 Å². The van der Waals surface area contributed by atoms with E-state index >= 15 is 0 Å². The molecule has 0 spiro atoms. The van der Waals surface area contributed by atoms with Crippen molar-refractivity contribution < 1.29 is 19.4 Å². The van der Waals surface area contributed by atoms with E-state index in [2.05, 4.69) is 5.32 Å². The van der Waals surface area contributed by atoms with Crippen molar-refractivity contribution in [1.82, 2.24) is 5.32 Å². The average molecular weight is 305 g/mol. The fourth-order valence-electron chi connectivity index (χ4n) is 2.81. The monoisotopic (exact) mass is 305 g/mol. The molecule has 2 rings (SSSR count). The number of nitrogens with one attached hydrogen (secondary N) is 1. The number of hydrogen-bond donors (Lipinski definition) is 2. The zero-order chi connectivity index (χ0) is 16.1. The summed E-state index contributed by atoms with van der Waals surface area (Å²) in [7, 11) is 0. The van der Waals surface area contributed by atoms with Gasteiger partial charge in [-0.15, -0.1) is 0 Å². The molecule has 2 N–H and O–H groups in total. The summed E-state index contributed by atoms with van der Waals surface area (Å²) in [4.78, 5) is 23.3. The van der Waals surface area contributed by atoms with Crippen LogP contribution in [0.3, 0.4) is 0 Å². The number of rotatable bonds is 6. The van der Waals surface area contributed by atoms with Gasteiger partial charge in [0.15, 0.2) is 6.10 Å². The maximum Gasteiger partial charge on any atom is 0.306 e. The molecule has 0 radical (unpaired) electrons. The van der Waals surface area contributed by atoms with Gasteiger partial charge in [0.1, 0.15) is 5.75 Å². The molecule has 1 amide bonds. The Hall–Kier alpha value is -2.04. The lowest BCUT2D eigenvalue weighted by Crippen LogP contribution is -2.42. The predicted octanol–water partition coefficient (Wildman–Crippen LogP) is 2.52. The predicted molar refractivity (Wildman–Crippen MR) is 82.8 cm³/mol. The molecule has 0 bridgehead atoms. The topological polar surface area (TPSA) is 75.6 Å². The third-order valence-corrected chi connectivity index (χ3v) is 4.06. The number of carbonyl (C=O) groups is 2. The summed E-state index contributed by atoms with van der Waals surface area (Å²) in [6.07, 6.45) is 1.85. The molecule has 1 aliphatic carbocycles. The van der Waals surface area contributed by atoms with Crippen LogP contribution >= 0.6 is 0 Å². The van der Waals surface area contributed by atoms with Crippen LogP contribution in [0.5, 0.6) is 5.75 Å². The SMILES string of the molecule is CCC(Oc1cccc(C)c1)C(=O)N[C@@H]1CC[C@H](C(=O)O)C1. The molecule has 0 aromatic heterocycles. The zero-order valence-corrected chi connectivity index (χ0v) is 13.0. The van der Waals surface area contributed by atoms with E-state index < -0.39 is 12.1 Å². The van der Waals surface area contributed by atoms with Crippen molar-refractivity contribution in [2.75, 3.05) is 0 Å². The molecule has 1 aromatic rings. The smallest absolute Gasteiger partial charge is 0.306 e. The van der Waals surface area contributed by atoms with Gasteiger partial charge in [-0.25, -0.2) is 0 Å². The second-order valence-corrected chi connectivity index (χ2v) is 5.88. The Morgan fingerprint density at radius 2 is 2.18 bits per heavy atom. The van der Waals surface area contributed by atoms with Crippen molar-refractivity contribution >= 4 is 11.9 Å². The first-order chi connectivity index (χ1) is 10.5. The van der Waals surface area contributed by atoms with Gasteiger partial charge in [-0.1, -0.05) is 19.1 Å². The van der Waals surface area contributed by atoms with Gasteiger partial charge in [0, 0.05) is 6.04 Å². The second kappa shape index (κ2) is 7.29. The van der Waals surface area contributed by atoms with Gasteiger partial charge in [-0.05, 0) is 50.3 Å². The molecule has 1 saturated carbocycles. The van der Waals surface area contributed by atoms with Gasteiger partial charge >= 0.3 is 5.97 Å². The highest BCUT2D eigenvalue weighted by molar-refractivity contribution is 5.81. The lowest BCUT2D eigenvalue weighted by Gasteiger charge is -2.20. The largest absolute Gasteiger partial charge is 0.481 e. The second-order valence-electron chi connectivity index (χ2n) is 5.88.